The molecule has 0 saturated carbocycles. The summed E-state index contributed by atoms with van der Waals surface area (Å²) in [6, 6.07) is 13.3. The molecule has 0 aliphatic heterocycles. The molecule has 1 atom stereocenters. The zero-order valence-corrected chi connectivity index (χ0v) is 14.8. The predicted octanol–water partition coefficient (Wildman–Crippen LogP) is 4.09. The summed E-state index contributed by atoms with van der Waals surface area (Å²) in [6.07, 6.45) is -0.909. The largest absolute Gasteiger partial charge is 0.457 e. The van der Waals surface area contributed by atoms with Crippen LogP contribution in [0.15, 0.2) is 63.2 Å². The van der Waals surface area contributed by atoms with Crippen LogP contribution in [-0.2, 0) is 4.79 Å². The summed E-state index contributed by atoms with van der Waals surface area (Å²) in [5.41, 5.74) is 0. The molecule has 0 aliphatic rings. The van der Waals surface area contributed by atoms with Crippen molar-refractivity contribution in [3.63, 3.8) is 0 Å². The van der Waals surface area contributed by atoms with Crippen molar-refractivity contribution < 1.29 is 18.7 Å². The van der Waals surface area contributed by atoms with Gasteiger partial charge in [0.15, 0.2) is 0 Å². The van der Waals surface area contributed by atoms with Crippen molar-refractivity contribution in [3.8, 4) is 10.6 Å². The van der Waals surface area contributed by atoms with Crippen LogP contribution in [-0.4, -0.2) is 23.3 Å². The van der Waals surface area contributed by atoms with Crippen molar-refractivity contribution >= 4 is 29.0 Å². The minimum atomic E-state index is -0.909. The molecule has 2 heterocycles. The number of rotatable bonds is 7. The zero-order valence-electron chi connectivity index (χ0n) is 13.1. The van der Waals surface area contributed by atoms with Crippen LogP contribution in [0.4, 0.5) is 4.39 Å². The minimum Gasteiger partial charge on any atom is -0.457 e. The Kier molecular flexibility index (Phi) is 5.91. The number of benzene rings is 1. The lowest BCUT2D eigenvalue weighted by molar-refractivity contribution is -0.119. The van der Waals surface area contributed by atoms with Crippen molar-refractivity contribution in [1.29, 1.82) is 0 Å². The van der Waals surface area contributed by atoms with Gasteiger partial charge in [0, 0.05) is 4.90 Å². The number of carbonyl (C=O) groups is 1. The summed E-state index contributed by atoms with van der Waals surface area (Å²) in [5, 5.41) is 14.8. The first-order valence-electron chi connectivity index (χ1n) is 7.58. The minimum absolute atomic E-state index is 0.0696. The first-order valence-corrected chi connectivity index (χ1v) is 9.45. The van der Waals surface area contributed by atoms with Crippen LogP contribution in [0.2, 0.25) is 0 Å². The topological polar surface area (TPSA) is 62.5 Å². The highest BCUT2D eigenvalue weighted by Gasteiger charge is 2.15. The van der Waals surface area contributed by atoms with E-state index in [0.717, 1.165) is 9.77 Å². The van der Waals surface area contributed by atoms with Crippen molar-refractivity contribution in [2.45, 2.75) is 11.0 Å². The van der Waals surface area contributed by atoms with E-state index in [0.29, 0.717) is 11.5 Å². The number of carbonyl (C=O) groups excluding carboxylic acids is 1. The lowest BCUT2D eigenvalue weighted by atomic mass is 10.2. The van der Waals surface area contributed by atoms with E-state index in [2.05, 4.69) is 5.32 Å². The Morgan fingerprint density at radius 1 is 1.24 bits per heavy atom. The summed E-state index contributed by atoms with van der Waals surface area (Å²) < 4.78 is 18.5. The molecule has 2 aromatic heterocycles. The Morgan fingerprint density at radius 2 is 2.04 bits per heavy atom. The van der Waals surface area contributed by atoms with E-state index in [9.17, 15) is 14.3 Å². The lowest BCUT2D eigenvalue weighted by Gasteiger charge is -2.09. The Labute approximate surface area is 152 Å². The first-order chi connectivity index (χ1) is 12.1. The molecule has 0 fully saturated rings. The highest BCUT2D eigenvalue weighted by Crippen LogP contribution is 2.28. The van der Waals surface area contributed by atoms with Gasteiger partial charge in [-0.3, -0.25) is 4.79 Å². The molecule has 2 N–H and O–H groups in total. The van der Waals surface area contributed by atoms with Gasteiger partial charge in [0.25, 0.3) is 0 Å². The van der Waals surface area contributed by atoms with E-state index in [4.69, 9.17) is 4.42 Å². The molecule has 3 rings (SSSR count). The Balaban J connectivity index is 1.46. The molecule has 7 heteroatoms. The lowest BCUT2D eigenvalue weighted by Crippen LogP contribution is -2.29. The highest BCUT2D eigenvalue weighted by molar-refractivity contribution is 8.00. The summed E-state index contributed by atoms with van der Waals surface area (Å²) in [5.74, 6) is 0.782. The van der Waals surface area contributed by atoms with Gasteiger partial charge >= 0.3 is 0 Å². The van der Waals surface area contributed by atoms with E-state index in [1.807, 2.05) is 17.5 Å². The molecule has 25 heavy (non-hydrogen) atoms. The number of aliphatic hydroxyl groups excluding tert-OH is 1. The number of thiophene rings is 1. The summed E-state index contributed by atoms with van der Waals surface area (Å²) >= 11 is 2.86. The van der Waals surface area contributed by atoms with Gasteiger partial charge in [0.05, 0.1) is 17.2 Å². The maximum atomic E-state index is 12.8. The smallest absolute Gasteiger partial charge is 0.230 e. The molecule has 1 amide bonds. The average molecular weight is 377 g/mol. The van der Waals surface area contributed by atoms with Crippen molar-refractivity contribution in [3.05, 3.63) is 65.5 Å². The number of hydrogen-bond acceptors (Lipinski definition) is 5. The van der Waals surface area contributed by atoms with Gasteiger partial charge in [-0.2, -0.15) is 0 Å². The van der Waals surface area contributed by atoms with Gasteiger partial charge in [0.2, 0.25) is 5.91 Å². The molecule has 1 unspecified atom stereocenters. The van der Waals surface area contributed by atoms with Crippen LogP contribution in [0.1, 0.15) is 11.9 Å². The summed E-state index contributed by atoms with van der Waals surface area (Å²) in [7, 11) is 0. The number of amides is 1. The van der Waals surface area contributed by atoms with Gasteiger partial charge < -0.3 is 14.8 Å². The number of thioether (sulfide) groups is 1. The van der Waals surface area contributed by atoms with Gasteiger partial charge in [-0.25, -0.2) is 4.39 Å². The zero-order chi connectivity index (χ0) is 17.6. The van der Waals surface area contributed by atoms with Gasteiger partial charge in [-0.15, -0.1) is 23.1 Å². The van der Waals surface area contributed by atoms with E-state index in [1.165, 1.54) is 23.9 Å². The fourth-order valence-electron chi connectivity index (χ4n) is 2.12. The van der Waals surface area contributed by atoms with Crippen LogP contribution in [0, 0.1) is 5.82 Å². The van der Waals surface area contributed by atoms with Crippen LogP contribution in [0.5, 0.6) is 0 Å². The van der Waals surface area contributed by atoms with E-state index >= 15 is 0 Å². The molecule has 0 spiro atoms. The Bertz CT molecular complexity index is 815. The van der Waals surface area contributed by atoms with Crippen molar-refractivity contribution in [2.24, 2.45) is 0 Å². The Morgan fingerprint density at radius 3 is 2.76 bits per heavy atom. The standard InChI is InChI=1S/C18H16FNO3S2/c19-12-3-5-13(6-4-12)25-11-18(22)20-10-14(21)15-7-8-16(23-15)17-2-1-9-24-17/h1-9,14,21H,10-11H2,(H,20,22). The maximum absolute atomic E-state index is 12.8. The number of halogens is 1. The molecule has 0 saturated heterocycles. The van der Waals surface area contributed by atoms with Crippen LogP contribution in [0.3, 0.4) is 0 Å². The number of aliphatic hydroxyl groups is 1. The molecule has 130 valence electrons. The molecule has 4 nitrogen and oxygen atoms in total. The van der Waals surface area contributed by atoms with Crippen molar-refractivity contribution in [1.82, 2.24) is 5.32 Å². The third-order valence-electron chi connectivity index (χ3n) is 3.40. The highest BCUT2D eigenvalue weighted by atomic mass is 32.2. The second kappa shape index (κ2) is 8.33. The SMILES string of the molecule is O=C(CSc1ccc(F)cc1)NCC(O)c1ccc(-c2cccs2)o1. The molecular formula is C18H16FNO3S2. The van der Waals surface area contributed by atoms with Gasteiger partial charge in [0.1, 0.15) is 23.4 Å². The van der Waals surface area contributed by atoms with Crippen LogP contribution < -0.4 is 5.32 Å². The average Bonchev–Trinajstić information content (AvgIpc) is 3.30. The Hall–Kier alpha value is -2.09. The molecule has 3 aromatic rings. The van der Waals surface area contributed by atoms with E-state index < -0.39 is 6.10 Å². The fraction of sp³-hybridized carbons (Fsp3) is 0.167. The predicted molar refractivity (Wildman–Crippen MR) is 97.1 cm³/mol. The summed E-state index contributed by atoms with van der Waals surface area (Å²) in [4.78, 5) is 13.7. The van der Waals surface area contributed by atoms with Crippen LogP contribution >= 0.6 is 23.1 Å². The number of furan rings is 1. The quantitative estimate of drug-likeness (QED) is 0.609. The third-order valence-corrected chi connectivity index (χ3v) is 5.29. The van der Waals surface area contributed by atoms with Gasteiger partial charge in [-0.1, -0.05) is 6.07 Å². The maximum Gasteiger partial charge on any atom is 0.230 e. The molecule has 0 bridgehead atoms. The molecular weight excluding hydrogens is 361 g/mol. The molecule has 0 radical (unpaired) electrons. The molecule has 1 aromatic carbocycles. The fourth-order valence-corrected chi connectivity index (χ4v) is 3.54. The number of hydrogen-bond donors (Lipinski definition) is 2. The number of nitrogens with one attached hydrogen (secondary N) is 1. The van der Waals surface area contributed by atoms with E-state index in [1.54, 1.807) is 35.6 Å². The normalized spacial score (nSPS) is 12.1. The monoisotopic (exact) mass is 377 g/mol. The summed E-state index contributed by atoms with van der Waals surface area (Å²) in [6.45, 7) is 0.0696. The first kappa shape index (κ1) is 17.7. The van der Waals surface area contributed by atoms with Crippen LogP contribution in [0.25, 0.3) is 10.6 Å². The second-order valence-electron chi connectivity index (χ2n) is 5.24. The molecule has 0 aliphatic carbocycles. The second-order valence-corrected chi connectivity index (χ2v) is 7.24. The van der Waals surface area contributed by atoms with Gasteiger partial charge in [-0.05, 0) is 47.8 Å². The third kappa shape index (κ3) is 4.94. The van der Waals surface area contributed by atoms with Crippen molar-refractivity contribution in [2.75, 3.05) is 12.3 Å². The van der Waals surface area contributed by atoms with E-state index in [-0.39, 0.29) is 24.0 Å².